The van der Waals surface area contributed by atoms with Crippen LogP contribution in [0.3, 0.4) is 0 Å². The number of halogens is 6. The van der Waals surface area contributed by atoms with Crippen molar-refractivity contribution in [2.45, 2.75) is 18.8 Å². The molecule has 2 aromatic rings. The van der Waals surface area contributed by atoms with Crippen molar-refractivity contribution in [1.29, 1.82) is 0 Å². The Labute approximate surface area is 176 Å². The van der Waals surface area contributed by atoms with E-state index in [0.29, 0.717) is 12.3 Å². The summed E-state index contributed by atoms with van der Waals surface area (Å²) >= 11 is 0. The number of alkyl halides is 6. The summed E-state index contributed by atoms with van der Waals surface area (Å²) < 4.78 is 81.1. The number of carbonyl (C=O) groups excluding carboxylic acids is 1. The van der Waals surface area contributed by atoms with Gasteiger partial charge >= 0.3 is 18.4 Å². The van der Waals surface area contributed by atoms with Crippen molar-refractivity contribution in [2.75, 3.05) is 37.7 Å². The van der Waals surface area contributed by atoms with Gasteiger partial charge in [-0.25, -0.2) is 14.8 Å². The van der Waals surface area contributed by atoms with Crippen LogP contribution in [0.5, 0.6) is 0 Å². The average molecular weight is 465 g/mol. The van der Waals surface area contributed by atoms with Crippen LogP contribution < -0.4 is 10.5 Å². The molecule has 8 nitrogen and oxygen atoms in total. The summed E-state index contributed by atoms with van der Waals surface area (Å²) in [5.74, 6) is 0.240. The summed E-state index contributed by atoms with van der Waals surface area (Å²) in [5, 5.41) is 0. The second-order valence-corrected chi connectivity index (χ2v) is 6.84. The molecule has 3 rings (SSSR count). The number of aromatic amines is 1. The third-order valence-corrected chi connectivity index (χ3v) is 4.68. The topological polar surface area (TPSA) is 91.4 Å². The van der Waals surface area contributed by atoms with Crippen LogP contribution >= 0.6 is 0 Å². The number of anilines is 1. The average Bonchev–Trinajstić information content (AvgIpc) is 2.73. The molecule has 0 bridgehead atoms. The SMILES string of the molecule is O=C(OCCc1c[nH]c(=O)c(C(F)(F)F)c1)N1CCN(c2cnc(C(F)(F)F)cn2)CC1. The number of nitrogens with one attached hydrogen (secondary N) is 1. The molecule has 14 heteroatoms. The van der Waals surface area contributed by atoms with E-state index in [1.54, 1.807) is 4.90 Å². The van der Waals surface area contributed by atoms with Crippen molar-refractivity contribution in [3.05, 3.63) is 51.8 Å². The highest BCUT2D eigenvalue weighted by Crippen LogP contribution is 2.28. The maximum atomic E-state index is 12.8. The second-order valence-electron chi connectivity index (χ2n) is 6.84. The van der Waals surface area contributed by atoms with E-state index in [-0.39, 0.29) is 50.6 Å². The van der Waals surface area contributed by atoms with E-state index in [9.17, 15) is 35.9 Å². The van der Waals surface area contributed by atoms with E-state index >= 15 is 0 Å². The monoisotopic (exact) mass is 465 g/mol. The van der Waals surface area contributed by atoms with Gasteiger partial charge in [-0.05, 0) is 11.6 Å². The van der Waals surface area contributed by atoms with Gasteiger partial charge in [0.05, 0.1) is 19.0 Å². The Morgan fingerprint density at radius 3 is 2.28 bits per heavy atom. The van der Waals surface area contributed by atoms with Gasteiger partial charge in [0, 0.05) is 38.8 Å². The zero-order valence-corrected chi connectivity index (χ0v) is 16.3. The first-order valence-corrected chi connectivity index (χ1v) is 9.30. The number of ether oxygens (including phenoxy) is 1. The highest BCUT2D eigenvalue weighted by molar-refractivity contribution is 5.68. The Morgan fingerprint density at radius 2 is 1.72 bits per heavy atom. The Balaban J connectivity index is 1.47. The van der Waals surface area contributed by atoms with Crippen molar-refractivity contribution >= 4 is 11.9 Å². The predicted octanol–water partition coefficient (Wildman–Crippen LogP) is 2.70. The lowest BCUT2D eigenvalue weighted by atomic mass is 10.1. The summed E-state index contributed by atoms with van der Waals surface area (Å²) in [5.41, 5.74) is -3.54. The molecule has 2 aromatic heterocycles. The van der Waals surface area contributed by atoms with E-state index < -0.39 is 35.3 Å². The van der Waals surface area contributed by atoms with Gasteiger partial charge in [0.1, 0.15) is 11.4 Å². The number of aromatic nitrogens is 3. The third kappa shape index (κ3) is 5.68. The molecule has 1 saturated heterocycles. The largest absolute Gasteiger partial charge is 0.449 e. The van der Waals surface area contributed by atoms with Crippen LogP contribution in [-0.2, 0) is 23.5 Å². The van der Waals surface area contributed by atoms with E-state index in [4.69, 9.17) is 4.74 Å². The Kier molecular flexibility index (Phi) is 6.60. The Hall–Kier alpha value is -3.32. The van der Waals surface area contributed by atoms with Gasteiger partial charge in [0.15, 0.2) is 5.69 Å². The molecule has 0 radical (unpaired) electrons. The van der Waals surface area contributed by atoms with Gasteiger partial charge < -0.3 is 19.5 Å². The molecule has 0 atom stereocenters. The molecule has 1 fully saturated rings. The van der Waals surface area contributed by atoms with Gasteiger partial charge in [-0.1, -0.05) is 0 Å². The van der Waals surface area contributed by atoms with Gasteiger partial charge in [-0.3, -0.25) is 4.79 Å². The molecular weight excluding hydrogens is 448 g/mol. The molecule has 174 valence electrons. The van der Waals surface area contributed by atoms with Gasteiger partial charge in [0.2, 0.25) is 0 Å². The number of nitrogens with zero attached hydrogens (tertiary/aromatic N) is 4. The van der Waals surface area contributed by atoms with Crippen molar-refractivity contribution in [2.24, 2.45) is 0 Å². The quantitative estimate of drug-likeness (QED) is 0.699. The van der Waals surface area contributed by atoms with E-state index in [1.807, 2.05) is 4.98 Å². The molecule has 3 heterocycles. The van der Waals surface area contributed by atoms with E-state index in [1.165, 1.54) is 4.90 Å². The minimum Gasteiger partial charge on any atom is -0.449 e. The third-order valence-electron chi connectivity index (χ3n) is 4.68. The number of carbonyl (C=O) groups is 1. The summed E-state index contributed by atoms with van der Waals surface area (Å²) in [6, 6.07) is 0.705. The molecule has 0 aromatic carbocycles. The molecule has 0 unspecified atom stereocenters. The number of hydrogen-bond donors (Lipinski definition) is 1. The van der Waals surface area contributed by atoms with E-state index in [0.717, 1.165) is 12.4 Å². The first-order valence-electron chi connectivity index (χ1n) is 9.30. The normalized spacial score (nSPS) is 15.1. The molecule has 0 saturated carbocycles. The van der Waals surface area contributed by atoms with Crippen LogP contribution in [-0.4, -0.2) is 58.7 Å². The smallest absolute Gasteiger partial charge is 0.434 e. The van der Waals surface area contributed by atoms with Crippen LogP contribution in [0.25, 0.3) is 0 Å². The first kappa shape index (κ1) is 23.3. The fourth-order valence-electron chi connectivity index (χ4n) is 2.98. The molecule has 1 aliphatic heterocycles. The van der Waals surface area contributed by atoms with Gasteiger partial charge in [-0.15, -0.1) is 0 Å². The van der Waals surface area contributed by atoms with Gasteiger partial charge in [-0.2, -0.15) is 26.3 Å². The molecule has 1 N–H and O–H groups in total. The molecule has 0 aliphatic carbocycles. The fraction of sp³-hybridized carbons (Fsp3) is 0.444. The molecule has 32 heavy (non-hydrogen) atoms. The maximum absolute atomic E-state index is 12.8. The lowest BCUT2D eigenvalue weighted by Gasteiger charge is -2.34. The fourth-order valence-corrected chi connectivity index (χ4v) is 2.98. The number of piperazine rings is 1. The molecule has 1 amide bonds. The number of H-pyrrole nitrogens is 1. The highest BCUT2D eigenvalue weighted by Gasteiger charge is 2.34. The summed E-state index contributed by atoms with van der Waals surface area (Å²) in [4.78, 5) is 35.6. The number of rotatable bonds is 4. The summed E-state index contributed by atoms with van der Waals surface area (Å²) in [7, 11) is 0. The number of hydrogen-bond acceptors (Lipinski definition) is 6. The van der Waals surface area contributed by atoms with Crippen LogP contribution in [0.1, 0.15) is 16.8 Å². The van der Waals surface area contributed by atoms with Crippen LogP contribution in [0, 0.1) is 0 Å². The van der Waals surface area contributed by atoms with Crippen molar-refractivity contribution < 1.29 is 35.9 Å². The zero-order chi connectivity index (χ0) is 23.5. The van der Waals surface area contributed by atoms with Crippen molar-refractivity contribution in [1.82, 2.24) is 19.9 Å². The minimum atomic E-state index is -4.79. The standard InChI is InChI=1S/C18H17F6N5O3/c19-17(20,21)12-7-11(8-27-15(12)30)1-6-32-16(31)29-4-2-28(3-5-29)14-10-25-13(9-26-14)18(22,23)24/h7-10H,1-6H2,(H,27,30). The molecule has 0 spiro atoms. The minimum absolute atomic E-state index is 0.0350. The zero-order valence-electron chi connectivity index (χ0n) is 16.3. The lowest BCUT2D eigenvalue weighted by Crippen LogP contribution is -2.49. The van der Waals surface area contributed by atoms with Crippen LogP contribution in [0.15, 0.2) is 29.5 Å². The summed E-state index contributed by atoms with van der Waals surface area (Å²) in [6.07, 6.45) is -7.33. The lowest BCUT2D eigenvalue weighted by molar-refractivity contribution is -0.141. The number of amides is 1. The first-order chi connectivity index (χ1) is 14.9. The molecule has 1 aliphatic rings. The van der Waals surface area contributed by atoms with Crippen molar-refractivity contribution in [3.63, 3.8) is 0 Å². The van der Waals surface area contributed by atoms with Gasteiger partial charge in [0.25, 0.3) is 5.56 Å². The highest BCUT2D eigenvalue weighted by atomic mass is 19.4. The summed E-state index contributed by atoms with van der Waals surface area (Å²) in [6.45, 7) is 0.775. The molecular formula is C18H17F6N5O3. The predicted molar refractivity (Wildman–Crippen MR) is 97.9 cm³/mol. The van der Waals surface area contributed by atoms with E-state index in [2.05, 4.69) is 9.97 Å². The number of pyridine rings is 1. The maximum Gasteiger partial charge on any atom is 0.434 e. The second kappa shape index (κ2) is 9.04. The van der Waals surface area contributed by atoms with Crippen LogP contribution in [0.4, 0.5) is 37.0 Å². The van der Waals surface area contributed by atoms with Crippen LogP contribution in [0.2, 0.25) is 0 Å². The Bertz CT molecular complexity index is 998. The van der Waals surface area contributed by atoms with Crippen molar-refractivity contribution in [3.8, 4) is 0 Å². The Morgan fingerprint density at radius 1 is 1.03 bits per heavy atom.